The zero-order valence-corrected chi connectivity index (χ0v) is 16.9. The van der Waals surface area contributed by atoms with E-state index in [2.05, 4.69) is 104 Å². The molecule has 2 aromatic rings. The summed E-state index contributed by atoms with van der Waals surface area (Å²) in [6, 6.07) is 21.5. The molecule has 0 bridgehead atoms. The molecule has 2 aromatic carbocycles. The molecule has 25 heavy (non-hydrogen) atoms. The van der Waals surface area contributed by atoms with Gasteiger partial charge < -0.3 is 9.73 Å². The third-order valence-electron chi connectivity index (χ3n) is 3.82. The van der Waals surface area contributed by atoms with Crippen LogP contribution in [0.1, 0.15) is 0 Å². The van der Waals surface area contributed by atoms with Gasteiger partial charge in [-0.3, -0.25) is 0 Å². The molecule has 1 aliphatic rings. The van der Waals surface area contributed by atoms with E-state index in [4.69, 9.17) is 4.41 Å². The van der Waals surface area contributed by atoms with E-state index in [1.807, 2.05) is 12.3 Å². The van der Waals surface area contributed by atoms with Gasteiger partial charge in [0, 0.05) is 19.0 Å². The Morgan fingerprint density at radius 1 is 0.840 bits per heavy atom. The molecule has 0 saturated carbocycles. The van der Waals surface area contributed by atoms with Crippen molar-refractivity contribution < 1.29 is 0 Å². The normalized spacial score (nSPS) is 15.9. The number of hydrogen-bond donors (Lipinski definition) is 1. The summed E-state index contributed by atoms with van der Waals surface area (Å²) >= 11 is 0. The van der Waals surface area contributed by atoms with Crippen LogP contribution in [0.4, 0.5) is 0 Å². The first-order chi connectivity index (χ1) is 12.0. The average Bonchev–Trinajstić information content (AvgIpc) is 2.62. The zero-order chi connectivity index (χ0) is 17.8. The van der Waals surface area contributed by atoms with Crippen molar-refractivity contribution in [3.63, 3.8) is 0 Å². The number of rotatable bonds is 4. The standard InChI is InChI=1S/C21H25N2PSi/c1-25(2,3)23-24(20-13-6-4-7-14-20,21-15-8-5-9-16-21)18-19-12-10-11-17-22-19/h4-18,22H,1-3H3/b19-18+. The van der Waals surface area contributed by atoms with E-state index in [0.29, 0.717) is 0 Å². The first-order valence-electron chi connectivity index (χ1n) is 8.57. The van der Waals surface area contributed by atoms with Crippen LogP contribution in [0, 0.1) is 0 Å². The molecule has 0 atom stereocenters. The van der Waals surface area contributed by atoms with Crippen molar-refractivity contribution in [2.75, 3.05) is 0 Å². The molecule has 0 spiro atoms. The maximum absolute atomic E-state index is 5.55. The van der Waals surface area contributed by atoms with Crippen LogP contribution >= 0.6 is 7.05 Å². The summed E-state index contributed by atoms with van der Waals surface area (Å²) < 4.78 is 5.55. The van der Waals surface area contributed by atoms with Gasteiger partial charge in [0.25, 0.3) is 0 Å². The fourth-order valence-electron chi connectivity index (χ4n) is 2.92. The first-order valence-corrected chi connectivity index (χ1v) is 13.8. The van der Waals surface area contributed by atoms with E-state index < -0.39 is 15.3 Å². The van der Waals surface area contributed by atoms with Gasteiger partial charge in [0.05, 0.1) is 0 Å². The summed E-state index contributed by atoms with van der Waals surface area (Å²) in [6.07, 6.45) is 8.19. The lowest BCUT2D eigenvalue weighted by Gasteiger charge is -2.28. The highest BCUT2D eigenvalue weighted by molar-refractivity contribution is 7.84. The lowest BCUT2D eigenvalue weighted by atomic mass is 10.3. The Morgan fingerprint density at radius 3 is 1.84 bits per heavy atom. The Balaban J connectivity index is 2.34. The van der Waals surface area contributed by atoms with Crippen molar-refractivity contribution in [1.29, 1.82) is 0 Å². The predicted molar refractivity (Wildman–Crippen MR) is 114 cm³/mol. The van der Waals surface area contributed by atoms with Gasteiger partial charge in [-0.15, -0.1) is 0 Å². The predicted octanol–water partition coefficient (Wildman–Crippen LogP) is 5.19. The second-order valence-electron chi connectivity index (χ2n) is 7.07. The molecule has 0 aliphatic carbocycles. The highest BCUT2D eigenvalue weighted by Crippen LogP contribution is 2.51. The van der Waals surface area contributed by atoms with Crippen LogP contribution in [0.3, 0.4) is 0 Å². The van der Waals surface area contributed by atoms with Gasteiger partial charge in [-0.1, -0.05) is 86.4 Å². The van der Waals surface area contributed by atoms with Gasteiger partial charge >= 0.3 is 0 Å². The van der Waals surface area contributed by atoms with Gasteiger partial charge in [-0.2, -0.15) is 0 Å². The monoisotopic (exact) mass is 364 g/mol. The Morgan fingerprint density at radius 2 is 1.40 bits per heavy atom. The van der Waals surface area contributed by atoms with Crippen LogP contribution in [-0.4, -0.2) is 8.24 Å². The van der Waals surface area contributed by atoms with Crippen LogP contribution in [0.2, 0.25) is 19.6 Å². The lowest BCUT2D eigenvalue weighted by molar-refractivity contribution is 1.10. The minimum Gasteiger partial charge on any atom is -0.362 e. The summed E-state index contributed by atoms with van der Waals surface area (Å²) in [7, 11) is -3.70. The molecule has 1 aliphatic heterocycles. The van der Waals surface area contributed by atoms with Crippen LogP contribution in [-0.2, 0) is 0 Å². The number of benzene rings is 2. The van der Waals surface area contributed by atoms with E-state index in [0.717, 1.165) is 5.70 Å². The molecule has 0 saturated heterocycles. The van der Waals surface area contributed by atoms with Gasteiger partial charge in [0.15, 0.2) is 8.24 Å². The highest BCUT2D eigenvalue weighted by Gasteiger charge is 2.26. The highest BCUT2D eigenvalue weighted by atomic mass is 31.2. The van der Waals surface area contributed by atoms with Crippen LogP contribution in [0.25, 0.3) is 0 Å². The zero-order valence-electron chi connectivity index (χ0n) is 15.1. The van der Waals surface area contributed by atoms with Gasteiger partial charge in [0.1, 0.15) is 0 Å². The summed E-state index contributed by atoms with van der Waals surface area (Å²) in [6.45, 7) is 6.95. The molecule has 1 heterocycles. The quantitative estimate of drug-likeness (QED) is 0.586. The lowest BCUT2D eigenvalue weighted by Crippen LogP contribution is -2.23. The summed E-state index contributed by atoms with van der Waals surface area (Å²) in [4.78, 5) is 0. The van der Waals surface area contributed by atoms with Crippen molar-refractivity contribution in [2.45, 2.75) is 19.6 Å². The molecule has 128 valence electrons. The maximum Gasteiger partial charge on any atom is 0.171 e. The SMILES string of the molecule is C[Si](C)(C)N=P(/C=C1\C=CC=CN1)(c1ccccc1)c1ccccc1. The Hall–Kier alpha value is -2.09. The summed E-state index contributed by atoms with van der Waals surface area (Å²) in [5, 5.41) is 5.99. The molecule has 0 unspecified atom stereocenters. The van der Waals surface area contributed by atoms with Gasteiger partial charge in [-0.05, 0) is 28.6 Å². The van der Waals surface area contributed by atoms with Crippen molar-refractivity contribution in [1.82, 2.24) is 5.32 Å². The Labute approximate surface area is 152 Å². The van der Waals surface area contributed by atoms with Crippen molar-refractivity contribution in [3.8, 4) is 0 Å². The molecule has 0 amide bonds. The van der Waals surface area contributed by atoms with E-state index in [-0.39, 0.29) is 0 Å². The molecule has 1 N–H and O–H groups in total. The van der Waals surface area contributed by atoms with Crippen LogP contribution in [0.15, 0.2) is 101 Å². The van der Waals surface area contributed by atoms with Crippen LogP contribution < -0.4 is 15.9 Å². The second-order valence-corrected chi connectivity index (χ2v) is 14.9. The second kappa shape index (κ2) is 7.43. The van der Waals surface area contributed by atoms with E-state index in [1.54, 1.807) is 0 Å². The smallest absolute Gasteiger partial charge is 0.171 e. The molecule has 0 fully saturated rings. The van der Waals surface area contributed by atoms with E-state index >= 15 is 0 Å². The number of dihydropyridines is 1. The average molecular weight is 365 g/mol. The molecule has 2 nitrogen and oxygen atoms in total. The number of allylic oxidation sites excluding steroid dienone is 3. The van der Waals surface area contributed by atoms with Gasteiger partial charge in [-0.25, -0.2) is 0 Å². The van der Waals surface area contributed by atoms with Crippen molar-refractivity contribution in [3.05, 3.63) is 96.6 Å². The minimum absolute atomic E-state index is 1.12. The Bertz CT molecular complexity index is 816. The van der Waals surface area contributed by atoms with E-state index in [9.17, 15) is 0 Å². The first kappa shape index (κ1) is 17.7. The van der Waals surface area contributed by atoms with Crippen molar-refractivity contribution in [2.24, 2.45) is 4.41 Å². The largest absolute Gasteiger partial charge is 0.362 e. The molecular formula is C21H25N2PSi. The number of nitrogens with zero attached hydrogens (tertiary/aromatic N) is 1. The molecule has 4 heteroatoms. The van der Waals surface area contributed by atoms with Crippen molar-refractivity contribution >= 4 is 25.9 Å². The van der Waals surface area contributed by atoms with E-state index in [1.165, 1.54) is 10.6 Å². The number of hydrogen-bond acceptors (Lipinski definition) is 2. The molecule has 0 radical (unpaired) electrons. The molecule has 0 aromatic heterocycles. The summed E-state index contributed by atoms with van der Waals surface area (Å²) in [5.74, 6) is 2.37. The molecule has 3 rings (SSSR count). The third-order valence-corrected chi connectivity index (χ3v) is 10.3. The molecular weight excluding hydrogens is 339 g/mol. The number of nitrogens with one attached hydrogen (secondary N) is 1. The fourth-order valence-corrected chi connectivity index (χ4v) is 10.3. The Kier molecular flexibility index (Phi) is 5.26. The fraction of sp³-hybridized carbons (Fsp3) is 0.143. The topological polar surface area (TPSA) is 24.4 Å². The van der Waals surface area contributed by atoms with Crippen LogP contribution in [0.5, 0.6) is 0 Å². The van der Waals surface area contributed by atoms with Gasteiger partial charge in [0.2, 0.25) is 0 Å². The maximum atomic E-state index is 5.55. The third kappa shape index (κ3) is 4.30. The minimum atomic E-state index is -2.01. The summed E-state index contributed by atoms with van der Waals surface area (Å²) in [5.41, 5.74) is 1.12.